The zero-order valence-electron chi connectivity index (χ0n) is 16.6. The summed E-state index contributed by atoms with van der Waals surface area (Å²) in [5.74, 6) is -0.123. The highest BCUT2D eigenvalue weighted by molar-refractivity contribution is 5.93. The zero-order chi connectivity index (χ0) is 20.1. The van der Waals surface area contributed by atoms with Gasteiger partial charge in [-0.05, 0) is 60.7 Å². The summed E-state index contributed by atoms with van der Waals surface area (Å²) in [4.78, 5) is 16.9. The summed E-state index contributed by atoms with van der Waals surface area (Å²) in [6, 6.07) is 13.0. The van der Waals surface area contributed by atoms with Crippen molar-refractivity contribution < 1.29 is 13.6 Å². The van der Waals surface area contributed by atoms with Gasteiger partial charge in [0.25, 0.3) is 0 Å². The minimum Gasteiger partial charge on any atom is -0.309 e. The third-order valence-corrected chi connectivity index (χ3v) is 5.58. The molecule has 0 bridgehead atoms. The summed E-state index contributed by atoms with van der Waals surface area (Å²) in [5, 5.41) is 0. The van der Waals surface area contributed by atoms with Gasteiger partial charge < -0.3 is 9.80 Å². The van der Waals surface area contributed by atoms with Crippen molar-refractivity contribution in [3.63, 3.8) is 0 Å². The first-order valence-corrected chi connectivity index (χ1v) is 10.0. The first kappa shape index (κ1) is 20.5. The van der Waals surface area contributed by atoms with Crippen LogP contribution in [0.1, 0.15) is 32.3 Å². The van der Waals surface area contributed by atoms with E-state index in [-0.39, 0.29) is 23.6 Å². The van der Waals surface area contributed by atoms with Gasteiger partial charge in [0.1, 0.15) is 11.6 Å². The number of carbonyl (C=O) groups is 1. The van der Waals surface area contributed by atoms with E-state index in [0.29, 0.717) is 12.3 Å². The van der Waals surface area contributed by atoms with Crippen LogP contribution in [0, 0.1) is 17.6 Å². The monoisotopic (exact) mass is 386 g/mol. The van der Waals surface area contributed by atoms with Crippen molar-refractivity contribution in [2.45, 2.75) is 39.2 Å². The molecule has 0 aliphatic carbocycles. The van der Waals surface area contributed by atoms with E-state index in [1.165, 1.54) is 24.3 Å². The summed E-state index contributed by atoms with van der Waals surface area (Å²) in [7, 11) is 0. The molecular weight excluding hydrogens is 358 g/mol. The highest BCUT2D eigenvalue weighted by atomic mass is 19.1. The van der Waals surface area contributed by atoms with Crippen LogP contribution in [0.3, 0.4) is 0 Å². The Labute approximate surface area is 166 Å². The van der Waals surface area contributed by atoms with Gasteiger partial charge in [-0.1, -0.05) is 26.0 Å². The van der Waals surface area contributed by atoms with Crippen molar-refractivity contribution in [1.29, 1.82) is 0 Å². The smallest absolute Gasteiger partial charge is 0.226 e. The number of likely N-dealkylation sites (tertiary alicyclic amines) is 1. The van der Waals surface area contributed by atoms with Crippen LogP contribution in [0.2, 0.25) is 0 Å². The SMILES string of the molecule is CCC(=O)N(c1ccc(F)cc1)C1CCN(CCc2ccc(F)cc2)CC1C. The van der Waals surface area contributed by atoms with E-state index in [2.05, 4.69) is 11.8 Å². The van der Waals surface area contributed by atoms with Crippen molar-refractivity contribution in [2.75, 3.05) is 24.5 Å². The molecule has 1 aliphatic rings. The van der Waals surface area contributed by atoms with E-state index < -0.39 is 0 Å². The van der Waals surface area contributed by atoms with Crippen LogP contribution in [-0.2, 0) is 11.2 Å². The van der Waals surface area contributed by atoms with Crippen molar-refractivity contribution in [2.24, 2.45) is 5.92 Å². The lowest BCUT2D eigenvalue weighted by Crippen LogP contribution is -2.52. The van der Waals surface area contributed by atoms with Crippen molar-refractivity contribution in [1.82, 2.24) is 4.90 Å². The lowest BCUT2D eigenvalue weighted by molar-refractivity contribution is -0.119. The molecule has 2 atom stereocenters. The number of carbonyl (C=O) groups excluding carboxylic acids is 1. The maximum atomic E-state index is 13.3. The lowest BCUT2D eigenvalue weighted by Gasteiger charge is -2.42. The van der Waals surface area contributed by atoms with E-state index in [4.69, 9.17) is 0 Å². The average molecular weight is 386 g/mol. The fourth-order valence-electron chi connectivity index (χ4n) is 4.04. The number of amides is 1. The fourth-order valence-corrected chi connectivity index (χ4v) is 4.04. The molecule has 5 heteroatoms. The van der Waals surface area contributed by atoms with Gasteiger partial charge >= 0.3 is 0 Å². The molecule has 1 heterocycles. The van der Waals surface area contributed by atoms with E-state index in [9.17, 15) is 13.6 Å². The number of anilines is 1. The van der Waals surface area contributed by atoms with Crippen molar-refractivity contribution in [3.05, 3.63) is 65.7 Å². The molecular formula is C23H28F2N2O. The molecule has 0 radical (unpaired) electrons. The second-order valence-electron chi connectivity index (χ2n) is 7.60. The summed E-state index contributed by atoms with van der Waals surface area (Å²) >= 11 is 0. The summed E-state index contributed by atoms with van der Waals surface area (Å²) < 4.78 is 26.4. The van der Waals surface area contributed by atoms with Gasteiger partial charge in [-0.3, -0.25) is 4.79 Å². The van der Waals surface area contributed by atoms with Crippen LogP contribution >= 0.6 is 0 Å². The number of benzene rings is 2. The van der Waals surface area contributed by atoms with Crippen LogP contribution in [0.25, 0.3) is 0 Å². The number of hydrogen-bond acceptors (Lipinski definition) is 2. The quantitative estimate of drug-likeness (QED) is 0.721. The van der Waals surface area contributed by atoms with E-state index in [0.717, 1.165) is 43.7 Å². The average Bonchev–Trinajstić information content (AvgIpc) is 2.70. The minimum atomic E-state index is -0.295. The minimum absolute atomic E-state index is 0.0724. The molecule has 0 spiro atoms. The molecule has 28 heavy (non-hydrogen) atoms. The molecule has 1 amide bonds. The van der Waals surface area contributed by atoms with Crippen LogP contribution in [0.15, 0.2) is 48.5 Å². The third-order valence-electron chi connectivity index (χ3n) is 5.58. The molecule has 1 aliphatic heterocycles. The molecule has 150 valence electrons. The Morgan fingerprint density at radius 3 is 2.25 bits per heavy atom. The Morgan fingerprint density at radius 2 is 1.68 bits per heavy atom. The van der Waals surface area contributed by atoms with Gasteiger partial charge in [-0.15, -0.1) is 0 Å². The first-order chi connectivity index (χ1) is 13.5. The Morgan fingerprint density at radius 1 is 1.07 bits per heavy atom. The van der Waals surface area contributed by atoms with Crippen LogP contribution < -0.4 is 4.90 Å². The van der Waals surface area contributed by atoms with Crippen LogP contribution in [0.4, 0.5) is 14.5 Å². The van der Waals surface area contributed by atoms with Gasteiger partial charge in [0.05, 0.1) is 0 Å². The molecule has 0 aromatic heterocycles. The predicted molar refractivity (Wildman–Crippen MR) is 108 cm³/mol. The number of rotatable bonds is 6. The van der Waals surface area contributed by atoms with Gasteiger partial charge in [-0.25, -0.2) is 8.78 Å². The van der Waals surface area contributed by atoms with E-state index >= 15 is 0 Å². The highest BCUT2D eigenvalue weighted by Crippen LogP contribution is 2.28. The fraction of sp³-hybridized carbons (Fsp3) is 0.435. The van der Waals surface area contributed by atoms with Gasteiger partial charge in [0, 0.05) is 37.8 Å². The normalized spacial score (nSPS) is 20.1. The molecule has 1 fully saturated rings. The Hall–Kier alpha value is -2.27. The maximum absolute atomic E-state index is 13.3. The van der Waals surface area contributed by atoms with Gasteiger partial charge in [0.15, 0.2) is 0 Å². The molecule has 1 saturated heterocycles. The predicted octanol–water partition coefficient (Wildman–Crippen LogP) is 4.66. The topological polar surface area (TPSA) is 23.6 Å². The summed E-state index contributed by atoms with van der Waals surface area (Å²) in [6.07, 6.45) is 2.19. The van der Waals surface area contributed by atoms with Crippen LogP contribution in [-0.4, -0.2) is 36.5 Å². The van der Waals surface area contributed by atoms with Crippen LogP contribution in [0.5, 0.6) is 0 Å². The van der Waals surface area contributed by atoms with Gasteiger partial charge in [-0.2, -0.15) is 0 Å². The zero-order valence-corrected chi connectivity index (χ0v) is 16.6. The lowest BCUT2D eigenvalue weighted by atomic mass is 9.91. The summed E-state index contributed by atoms with van der Waals surface area (Å²) in [5.41, 5.74) is 1.90. The van der Waals surface area contributed by atoms with E-state index in [1.807, 2.05) is 24.0 Å². The molecule has 2 unspecified atom stereocenters. The number of piperidine rings is 1. The molecule has 0 N–H and O–H groups in total. The second-order valence-corrected chi connectivity index (χ2v) is 7.60. The van der Waals surface area contributed by atoms with Crippen molar-refractivity contribution in [3.8, 4) is 0 Å². The first-order valence-electron chi connectivity index (χ1n) is 10.0. The van der Waals surface area contributed by atoms with Gasteiger partial charge in [0.2, 0.25) is 5.91 Å². The second kappa shape index (κ2) is 9.28. The molecule has 0 saturated carbocycles. The summed E-state index contributed by atoms with van der Waals surface area (Å²) in [6.45, 7) is 6.77. The Kier molecular flexibility index (Phi) is 6.79. The Bertz CT molecular complexity index is 776. The number of nitrogens with zero attached hydrogens (tertiary/aromatic N) is 2. The largest absolute Gasteiger partial charge is 0.309 e. The number of halogens is 2. The molecule has 3 rings (SSSR count). The molecule has 2 aromatic carbocycles. The maximum Gasteiger partial charge on any atom is 0.226 e. The third kappa shape index (κ3) is 4.96. The highest BCUT2D eigenvalue weighted by Gasteiger charge is 2.33. The van der Waals surface area contributed by atoms with E-state index in [1.54, 1.807) is 12.1 Å². The van der Waals surface area contributed by atoms with Crippen molar-refractivity contribution >= 4 is 11.6 Å². The Balaban J connectivity index is 1.64. The number of hydrogen-bond donors (Lipinski definition) is 0. The molecule has 3 nitrogen and oxygen atoms in total. The molecule has 2 aromatic rings. The standard InChI is InChI=1S/C23H28F2N2O/c1-3-23(28)27(21-10-8-20(25)9-11-21)22-13-15-26(16-17(22)2)14-12-18-4-6-19(24)7-5-18/h4-11,17,22H,3,12-16H2,1-2H3.